The fourth-order valence-corrected chi connectivity index (χ4v) is 4.14. The standard InChI is InChI=1S/C19H22N6/c1-11-2-3-14(8-20)19(21-11)25-9-15(12-4-5-12)16(10-25)18-22-17(23-24-18)13-6-7-13/h2-3,12-13,15-16H,4-7,9-10H2,1H3,(H,22,23,24)/t15-,16+/m1/s1. The number of pyridine rings is 1. The van der Waals surface area contributed by atoms with E-state index in [1.807, 2.05) is 19.1 Å². The number of nitrogens with one attached hydrogen (secondary N) is 1. The van der Waals surface area contributed by atoms with Crippen LogP contribution in [0.4, 0.5) is 5.82 Å². The molecular weight excluding hydrogens is 312 g/mol. The third-order valence-electron chi connectivity index (χ3n) is 5.84. The summed E-state index contributed by atoms with van der Waals surface area (Å²) in [4.78, 5) is 11.8. The van der Waals surface area contributed by atoms with Gasteiger partial charge in [-0.1, -0.05) is 0 Å². The van der Waals surface area contributed by atoms with Crippen LogP contribution >= 0.6 is 0 Å². The average Bonchev–Trinajstić information content (AvgIpc) is 3.55. The Kier molecular flexibility index (Phi) is 3.30. The molecule has 0 spiro atoms. The zero-order chi connectivity index (χ0) is 17.0. The summed E-state index contributed by atoms with van der Waals surface area (Å²) < 4.78 is 0. The van der Waals surface area contributed by atoms with E-state index in [0.29, 0.717) is 23.3 Å². The predicted molar refractivity (Wildman–Crippen MR) is 93.2 cm³/mol. The highest BCUT2D eigenvalue weighted by Crippen LogP contribution is 2.48. The zero-order valence-corrected chi connectivity index (χ0v) is 14.4. The number of aromatic nitrogens is 4. The van der Waals surface area contributed by atoms with Gasteiger partial charge >= 0.3 is 0 Å². The van der Waals surface area contributed by atoms with Crippen LogP contribution in [-0.2, 0) is 0 Å². The molecule has 25 heavy (non-hydrogen) atoms. The molecule has 5 rings (SSSR count). The predicted octanol–water partition coefficient (Wildman–Crippen LogP) is 2.89. The average molecular weight is 334 g/mol. The van der Waals surface area contributed by atoms with Crippen molar-refractivity contribution >= 4 is 5.82 Å². The van der Waals surface area contributed by atoms with Crippen LogP contribution in [0.1, 0.15) is 60.4 Å². The number of nitrogens with zero attached hydrogens (tertiary/aromatic N) is 5. The van der Waals surface area contributed by atoms with E-state index in [4.69, 9.17) is 4.98 Å². The second-order valence-corrected chi connectivity index (χ2v) is 7.80. The van der Waals surface area contributed by atoms with Gasteiger partial charge in [0.15, 0.2) is 5.82 Å². The normalized spacial score (nSPS) is 26.0. The monoisotopic (exact) mass is 334 g/mol. The van der Waals surface area contributed by atoms with Gasteiger partial charge in [0.25, 0.3) is 0 Å². The van der Waals surface area contributed by atoms with Gasteiger partial charge in [0, 0.05) is 30.6 Å². The maximum absolute atomic E-state index is 9.47. The summed E-state index contributed by atoms with van der Waals surface area (Å²) in [6, 6.07) is 6.10. The maximum Gasteiger partial charge on any atom is 0.153 e. The molecule has 2 aliphatic carbocycles. The highest BCUT2D eigenvalue weighted by atomic mass is 15.3. The van der Waals surface area contributed by atoms with E-state index < -0.39 is 0 Å². The van der Waals surface area contributed by atoms with Gasteiger partial charge in [-0.05, 0) is 56.6 Å². The Morgan fingerprint density at radius 3 is 2.72 bits per heavy atom. The molecular formula is C19H22N6. The molecule has 0 unspecified atom stereocenters. The van der Waals surface area contributed by atoms with Crippen molar-refractivity contribution in [3.05, 3.63) is 35.0 Å². The number of anilines is 1. The van der Waals surface area contributed by atoms with Crippen LogP contribution in [-0.4, -0.2) is 33.3 Å². The smallest absolute Gasteiger partial charge is 0.153 e. The first-order valence-corrected chi connectivity index (χ1v) is 9.28. The number of hydrogen-bond donors (Lipinski definition) is 1. The second-order valence-electron chi connectivity index (χ2n) is 7.80. The zero-order valence-electron chi connectivity index (χ0n) is 14.4. The van der Waals surface area contributed by atoms with Crippen molar-refractivity contribution in [3.8, 4) is 6.07 Å². The first-order chi connectivity index (χ1) is 12.2. The molecule has 0 radical (unpaired) electrons. The summed E-state index contributed by atoms with van der Waals surface area (Å²) in [6.45, 7) is 3.81. The minimum absolute atomic E-state index is 0.362. The lowest BCUT2D eigenvalue weighted by molar-refractivity contribution is 0.444. The summed E-state index contributed by atoms with van der Waals surface area (Å²) >= 11 is 0. The number of nitriles is 1. The van der Waals surface area contributed by atoms with Crippen molar-refractivity contribution in [2.24, 2.45) is 11.8 Å². The number of rotatable bonds is 4. The molecule has 0 amide bonds. The summed E-state index contributed by atoms with van der Waals surface area (Å²) in [5, 5.41) is 17.1. The van der Waals surface area contributed by atoms with E-state index in [1.165, 1.54) is 25.7 Å². The van der Waals surface area contributed by atoms with Crippen molar-refractivity contribution < 1.29 is 0 Å². The summed E-state index contributed by atoms with van der Waals surface area (Å²) in [7, 11) is 0. The second kappa shape index (κ2) is 5.55. The van der Waals surface area contributed by atoms with Gasteiger partial charge in [-0.3, -0.25) is 5.10 Å². The van der Waals surface area contributed by atoms with E-state index in [1.54, 1.807) is 0 Å². The third-order valence-corrected chi connectivity index (χ3v) is 5.84. The molecule has 2 aromatic rings. The molecule has 3 fully saturated rings. The van der Waals surface area contributed by atoms with Crippen molar-refractivity contribution in [1.29, 1.82) is 5.26 Å². The highest BCUT2D eigenvalue weighted by molar-refractivity contribution is 5.55. The largest absolute Gasteiger partial charge is 0.354 e. The molecule has 3 heterocycles. The molecule has 6 nitrogen and oxygen atoms in total. The Morgan fingerprint density at radius 1 is 1.16 bits per heavy atom. The van der Waals surface area contributed by atoms with Crippen molar-refractivity contribution in [3.63, 3.8) is 0 Å². The fraction of sp³-hybridized carbons (Fsp3) is 0.579. The van der Waals surface area contributed by atoms with Crippen molar-refractivity contribution in [2.45, 2.75) is 44.4 Å². The fourth-order valence-electron chi connectivity index (χ4n) is 4.14. The molecule has 1 N–H and O–H groups in total. The van der Waals surface area contributed by atoms with Crippen molar-refractivity contribution in [1.82, 2.24) is 20.2 Å². The maximum atomic E-state index is 9.47. The molecule has 0 aromatic carbocycles. The molecule has 0 bridgehead atoms. The Labute approximate surface area is 147 Å². The van der Waals surface area contributed by atoms with Crippen LogP contribution in [0.15, 0.2) is 12.1 Å². The van der Waals surface area contributed by atoms with Crippen molar-refractivity contribution in [2.75, 3.05) is 18.0 Å². The molecule has 2 aromatic heterocycles. The quantitative estimate of drug-likeness (QED) is 0.930. The number of hydrogen-bond acceptors (Lipinski definition) is 5. The number of aromatic amines is 1. The van der Waals surface area contributed by atoms with Crippen LogP contribution in [0.3, 0.4) is 0 Å². The van der Waals surface area contributed by atoms with Crippen LogP contribution in [0.5, 0.6) is 0 Å². The molecule has 1 aliphatic heterocycles. The minimum atomic E-state index is 0.362. The van der Waals surface area contributed by atoms with Gasteiger partial charge < -0.3 is 4.90 Å². The first-order valence-electron chi connectivity index (χ1n) is 9.28. The molecule has 3 aliphatic rings. The SMILES string of the molecule is Cc1ccc(C#N)c(N2C[C@H](c3nc(C4CC4)n[nH]3)[C@@H](C3CC3)C2)n1. The van der Waals surface area contributed by atoms with Crippen LogP contribution in [0.2, 0.25) is 0 Å². The van der Waals surface area contributed by atoms with Gasteiger partial charge in [-0.15, -0.1) is 0 Å². The summed E-state index contributed by atoms with van der Waals surface area (Å²) in [6.07, 6.45) is 5.06. The van der Waals surface area contributed by atoms with E-state index in [2.05, 4.69) is 26.2 Å². The first kappa shape index (κ1) is 14.9. The number of H-pyrrole nitrogens is 1. The lowest BCUT2D eigenvalue weighted by Gasteiger charge is -2.19. The molecule has 2 saturated carbocycles. The number of aryl methyl sites for hydroxylation is 1. The van der Waals surface area contributed by atoms with Crippen LogP contribution in [0, 0.1) is 30.1 Å². The molecule has 128 valence electrons. The van der Waals surface area contributed by atoms with Gasteiger partial charge in [-0.2, -0.15) is 10.4 Å². The molecule has 6 heteroatoms. The summed E-state index contributed by atoms with van der Waals surface area (Å²) in [5.74, 6) is 5.15. The van der Waals surface area contributed by atoms with Crippen LogP contribution in [0.25, 0.3) is 0 Å². The van der Waals surface area contributed by atoms with E-state index in [9.17, 15) is 5.26 Å². The lowest BCUT2D eigenvalue weighted by atomic mass is 9.91. The Morgan fingerprint density at radius 2 is 2.00 bits per heavy atom. The third kappa shape index (κ3) is 2.68. The Hall–Kier alpha value is -2.42. The van der Waals surface area contributed by atoms with Crippen LogP contribution < -0.4 is 4.90 Å². The van der Waals surface area contributed by atoms with Gasteiger partial charge in [0.05, 0.1) is 5.56 Å². The molecule has 2 atom stereocenters. The van der Waals surface area contributed by atoms with Gasteiger partial charge in [0.1, 0.15) is 17.7 Å². The van der Waals surface area contributed by atoms with E-state index in [-0.39, 0.29) is 0 Å². The van der Waals surface area contributed by atoms with Gasteiger partial charge in [0.2, 0.25) is 0 Å². The molecule has 1 saturated heterocycles. The Bertz CT molecular complexity index is 842. The minimum Gasteiger partial charge on any atom is -0.354 e. The van der Waals surface area contributed by atoms with Gasteiger partial charge in [-0.25, -0.2) is 9.97 Å². The lowest BCUT2D eigenvalue weighted by Crippen LogP contribution is -2.22. The summed E-state index contributed by atoms with van der Waals surface area (Å²) in [5.41, 5.74) is 1.62. The van der Waals surface area contributed by atoms with E-state index in [0.717, 1.165) is 42.2 Å². The Balaban J connectivity index is 1.46. The topological polar surface area (TPSA) is 81.5 Å². The highest BCUT2D eigenvalue weighted by Gasteiger charge is 2.45. The van der Waals surface area contributed by atoms with E-state index >= 15 is 0 Å².